The van der Waals surface area contributed by atoms with Crippen molar-refractivity contribution in [3.05, 3.63) is 22.9 Å². The van der Waals surface area contributed by atoms with E-state index < -0.39 is 6.09 Å². The first-order valence-corrected chi connectivity index (χ1v) is 5.66. The van der Waals surface area contributed by atoms with E-state index in [9.17, 15) is 4.79 Å². The van der Waals surface area contributed by atoms with Crippen molar-refractivity contribution in [3.8, 4) is 0 Å². The van der Waals surface area contributed by atoms with Crippen molar-refractivity contribution in [1.29, 1.82) is 0 Å². The van der Waals surface area contributed by atoms with Gasteiger partial charge < -0.3 is 4.74 Å². The van der Waals surface area contributed by atoms with Crippen LogP contribution in [0.1, 0.15) is 20.8 Å². The third kappa shape index (κ3) is 2.72. The predicted molar refractivity (Wildman–Crippen MR) is 66.6 cm³/mol. The number of amides is 1. The third-order valence-corrected chi connectivity index (χ3v) is 2.62. The molecule has 1 amide bonds. The molecule has 0 aliphatic carbocycles. The molecule has 0 unspecified atom stereocenters. The molecule has 16 heavy (non-hydrogen) atoms. The second kappa shape index (κ2) is 4.82. The van der Waals surface area contributed by atoms with Crippen LogP contribution >= 0.6 is 15.9 Å². The molecule has 1 heterocycles. The summed E-state index contributed by atoms with van der Waals surface area (Å²) in [6.45, 7) is 5.80. The number of methoxy groups -OCH3 is 1. The van der Waals surface area contributed by atoms with Crippen LogP contribution in [0.15, 0.2) is 22.9 Å². The van der Waals surface area contributed by atoms with Gasteiger partial charge in [0, 0.05) is 11.7 Å². The molecule has 0 N–H and O–H groups in total. The van der Waals surface area contributed by atoms with Gasteiger partial charge in [-0.2, -0.15) is 0 Å². The van der Waals surface area contributed by atoms with Gasteiger partial charge in [-0.1, -0.05) is 0 Å². The molecule has 4 nitrogen and oxygen atoms in total. The first-order chi connectivity index (χ1) is 7.38. The monoisotopic (exact) mass is 286 g/mol. The number of halogens is 1. The second-order valence-electron chi connectivity index (χ2n) is 4.29. The van der Waals surface area contributed by atoms with Crippen molar-refractivity contribution in [2.24, 2.45) is 0 Å². The molecular weight excluding hydrogens is 272 g/mol. The summed E-state index contributed by atoms with van der Waals surface area (Å²) in [7, 11) is 1.37. The van der Waals surface area contributed by atoms with E-state index in [1.54, 1.807) is 17.2 Å². The Bertz CT molecular complexity index is 388. The van der Waals surface area contributed by atoms with Crippen molar-refractivity contribution in [1.82, 2.24) is 4.98 Å². The standard InChI is InChI=1S/C11H15BrN2O2/c1-11(2,3)14(10(15)16-4)8-6-5-7-13-9(8)12/h5-7H,1-4H3. The zero-order valence-electron chi connectivity index (χ0n) is 9.82. The highest BCUT2D eigenvalue weighted by molar-refractivity contribution is 9.10. The van der Waals surface area contributed by atoms with Gasteiger partial charge >= 0.3 is 6.09 Å². The lowest BCUT2D eigenvalue weighted by Crippen LogP contribution is -2.46. The average Bonchev–Trinajstić information content (AvgIpc) is 2.19. The van der Waals surface area contributed by atoms with Gasteiger partial charge in [-0.05, 0) is 48.8 Å². The largest absolute Gasteiger partial charge is 0.452 e. The summed E-state index contributed by atoms with van der Waals surface area (Å²) in [6, 6.07) is 3.60. The van der Waals surface area contributed by atoms with Crippen LogP contribution < -0.4 is 4.90 Å². The fourth-order valence-corrected chi connectivity index (χ4v) is 1.80. The fraction of sp³-hybridized carbons (Fsp3) is 0.455. The van der Waals surface area contributed by atoms with E-state index in [0.717, 1.165) is 0 Å². The van der Waals surface area contributed by atoms with Crippen LogP contribution in [0.2, 0.25) is 0 Å². The maximum Gasteiger partial charge on any atom is 0.414 e. The van der Waals surface area contributed by atoms with Crippen molar-refractivity contribution >= 4 is 27.7 Å². The number of anilines is 1. The van der Waals surface area contributed by atoms with E-state index in [4.69, 9.17) is 4.74 Å². The van der Waals surface area contributed by atoms with E-state index in [1.165, 1.54) is 7.11 Å². The smallest absolute Gasteiger partial charge is 0.414 e. The molecule has 0 radical (unpaired) electrons. The molecule has 88 valence electrons. The zero-order valence-corrected chi connectivity index (χ0v) is 11.4. The number of rotatable bonds is 1. The molecule has 1 aromatic rings. The number of pyridine rings is 1. The summed E-state index contributed by atoms with van der Waals surface area (Å²) in [5.41, 5.74) is 0.320. The summed E-state index contributed by atoms with van der Waals surface area (Å²) in [6.07, 6.45) is 1.26. The highest BCUT2D eigenvalue weighted by Gasteiger charge is 2.30. The van der Waals surface area contributed by atoms with Crippen LogP contribution in [0, 0.1) is 0 Å². The SMILES string of the molecule is COC(=O)N(c1cccnc1Br)C(C)(C)C. The normalized spacial score (nSPS) is 11.1. The maximum atomic E-state index is 11.8. The quantitative estimate of drug-likeness (QED) is 0.745. The number of ether oxygens (including phenoxy) is 1. The van der Waals surface area contributed by atoms with Crippen LogP contribution in [0.4, 0.5) is 10.5 Å². The molecule has 5 heteroatoms. The summed E-state index contributed by atoms with van der Waals surface area (Å²) in [5.74, 6) is 0. The number of hydrogen-bond donors (Lipinski definition) is 0. The molecule has 0 atom stereocenters. The number of nitrogens with zero attached hydrogens (tertiary/aromatic N) is 2. The molecule has 0 fully saturated rings. The zero-order chi connectivity index (χ0) is 12.3. The van der Waals surface area contributed by atoms with Crippen LogP contribution in [-0.2, 0) is 4.74 Å². The van der Waals surface area contributed by atoms with Gasteiger partial charge in [0.1, 0.15) is 4.60 Å². The molecule has 1 aromatic heterocycles. The van der Waals surface area contributed by atoms with Gasteiger partial charge in [-0.25, -0.2) is 9.78 Å². The van der Waals surface area contributed by atoms with Crippen molar-refractivity contribution in [2.45, 2.75) is 26.3 Å². The molecule has 1 rings (SSSR count). The van der Waals surface area contributed by atoms with E-state index >= 15 is 0 Å². The Labute approximate surface area is 104 Å². The lowest BCUT2D eigenvalue weighted by Gasteiger charge is -2.34. The average molecular weight is 287 g/mol. The van der Waals surface area contributed by atoms with Crippen molar-refractivity contribution in [3.63, 3.8) is 0 Å². The van der Waals surface area contributed by atoms with E-state index in [-0.39, 0.29) is 5.54 Å². The molecule has 0 spiro atoms. The highest BCUT2D eigenvalue weighted by Crippen LogP contribution is 2.30. The highest BCUT2D eigenvalue weighted by atomic mass is 79.9. The number of carbonyl (C=O) groups is 1. The van der Waals surface area contributed by atoms with Gasteiger partial charge in [-0.3, -0.25) is 4.90 Å². The topological polar surface area (TPSA) is 42.4 Å². The molecule has 0 aliphatic rings. The van der Waals surface area contributed by atoms with Crippen LogP contribution in [0.5, 0.6) is 0 Å². The Morgan fingerprint density at radius 3 is 2.56 bits per heavy atom. The van der Waals surface area contributed by atoms with E-state index in [2.05, 4.69) is 20.9 Å². The molecule has 0 aliphatic heterocycles. The van der Waals surface area contributed by atoms with Crippen LogP contribution in [0.25, 0.3) is 0 Å². The molecule has 0 bridgehead atoms. The molecule has 0 aromatic carbocycles. The van der Waals surface area contributed by atoms with Crippen molar-refractivity contribution < 1.29 is 9.53 Å². The second-order valence-corrected chi connectivity index (χ2v) is 5.04. The minimum Gasteiger partial charge on any atom is -0.452 e. The number of hydrogen-bond acceptors (Lipinski definition) is 3. The van der Waals surface area contributed by atoms with Crippen LogP contribution in [-0.4, -0.2) is 23.7 Å². The van der Waals surface area contributed by atoms with Crippen LogP contribution in [0.3, 0.4) is 0 Å². The Hall–Kier alpha value is -1.10. The summed E-state index contributed by atoms with van der Waals surface area (Å²) >= 11 is 3.33. The Morgan fingerprint density at radius 1 is 1.50 bits per heavy atom. The Morgan fingerprint density at radius 2 is 2.12 bits per heavy atom. The minimum absolute atomic E-state index is 0.376. The first-order valence-electron chi connectivity index (χ1n) is 4.86. The van der Waals surface area contributed by atoms with E-state index in [1.807, 2.05) is 26.8 Å². The van der Waals surface area contributed by atoms with Gasteiger partial charge in [0.15, 0.2) is 0 Å². The lowest BCUT2D eigenvalue weighted by atomic mass is 10.1. The third-order valence-electron chi connectivity index (χ3n) is 2.01. The molecular formula is C11H15BrN2O2. The lowest BCUT2D eigenvalue weighted by molar-refractivity contribution is 0.172. The summed E-state index contributed by atoms with van der Waals surface area (Å²) in [5, 5.41) is 0. The minimum atomic E-state index is -0.402. The predicted octanol–water partition coefficient (Wildman–Crippen LogP) is 3.22. The Kier molecular flexibility index (Phi) is 3.91. The maximum absolute atomic E-state index is 11.8. The van der Waals surface area contributed by atoms with Gasteiger partial charge in [-0.15, -0.1) is 0 Å². The molecule has 0 saturated carbocycles. The van der Waals surface area contributed by atoms with Gasteiger partial charge in [0.25, 0.3) is 0 Å². The molecule has 0 saturated heterocycles. The van der Waals surface area contributed by atoms with E-state index in [0.29, 0.717) is 10.3 Å². The Balaban J connectivity index is 3.23. The number of aromatic nitrogens is 1. The van der Waals surface area contributed by atoms with Gasteiger partial charge in [0.05, 0.1) is 12.8 Å². The fourth-order valence-electron chi connectivity index (χ4n) is 1.37. The summed E-state index contributed by atoms with van der Waals surface area (Å²) < 4.78 is 5.41. The number of carbonyl (C=O) groups excluding carboxylic acids is 1. The van der Waals surface area contributed by atoms with Crippen molar-refractivity contribution in [2.75, 3.05) is 12.0 Å². The van der Waals surface area contributed by atoms with Gasteiger partial charge in [0.2, 0.25) is 0 Å². The first kappa shape index (κ1) is 13.0. The summed E-state index contributed by atoms with van der Waals surface area (Å²) in [4.78, 5) is 17.4.